The lowest BCUT2D eigenvalue weighted by Crippen LogP contribution is -2.50. The van der Waals surface area contributed by atoms with E-state index in [1.54, 1.807) is 23.6 Å². The Bertz CT molecular complexity index is 534. The quantitative estimate of drug-likeness (QED) is 0.905. The number of carboxylic acids is 1. The fourth-order valence-electron chi connectivity index (χ4n) is 2.73. The molecule has 0 radical (unpaired) electrons. The van der Waals surface area contributed by atoms with Crippen molar-refractivity contribution in [1.29, 1.82) is 0 Å². The van der Waals surface area contributed by atoms with Gasteiger partial charge in [0.05, 0.1) is 10.7 Å². The number of aliphatic carboxylic acids is 1. The highest BCUT2D eigenvalue weighted by Crippen LogP contribution is 2.31. The highest BCUT2D eigenvalue weighted by molar-refractivity contribution is 7.99. The van der Waals surface area contributed by atoms with E-state index in [0.29, 0.717) is 19.5 Å². The number of piperidine rings is 1. The lowest BCUT2D eigenvalue weighted by molar-refractivity contribution is -0.153. The van der Waals surface area contributed by atoms with E-state index >= 15 is 0 Å². The monoisotopic (exact) mass is 321 g/mol. The Morgan fingerprint density at radius 1 is 1.36 bits per heavy atom. The van der Waals surface area contributed by atoms with Crippen LogP contribution < -0.4 is 0 Å². The molecule has 2 atom stereocenters. The van der Waals surface area contributed by atoms with Crippen molar-refractivity contribution in [2.45, 2.75) is 37.7 Å². The molecule has 0 spiro atoms. The SMILES string of the molecule is CC(SCc1ccccc1)C(=O)N1CCCC(C)(C(=O)O)C1. The number of carbonyl (C=O) groups excluding carboxylic acids is 1. The summed E-state index contributed by atoms with van der Waals surface area (Å²) < 4.78 is 0. The van der Waals surface area contributed by atoms with Crippen LogP contribution in [0.5, 0.6) is 0 Å². The molecule has 1 aromatic carbocycles. The zero-order chi connectivity index (χ0) is 16.2. The van der Waals surface area contributed by atoms with Crippen LogP contribution in [0.2, 0.25) is 0 Å². The van der Waals surface area contributed by atoms with Crippen molar-refractivity contribution >= 4 is 23.6 Å². The van der Waals surface area contributed by atoms with Gasteiger partial charge in [0.2, 0.25) is 5.91 Å². The predicted octanol–water partition coefficient (Wildman–Crippen LogP) is 3.02. The van der Waals surface area contributed by atoms with Gasteiger partial charge in [0, 0.05) is 18.8 Å². The highest BCUT2D eigenvalue weighted by atomic mass is 32.2. The van der Waals surface area contributed by atoms with Crippen LogP contribution in [0.1, 0.15) is 32.3 Å². The second-order valence-corrected chi connectivity index (χ2v) is 7.50. The molecule has 1 N–H and O–H groups in total. The number of hydrogen-bond acceptors (Lipinski definition) is 3. The maximum Gasteiger partial charge on any atom is 0.311 e. The van der Waals surface area contributed by atoms with Crippen molar-refractivity contribution < 1.29 is 14.7 Å². The third-order valence-electron chi connectivity index (χ3n) is 4.22. The molecule has 5 heteroatoms. The summed E-state index contributed by atoms with van der Waals surface area (Å²) in [5.41, 5.74) is 0.388. The number of amides is 1. The minimum absolute atomic E-state index is 0.0492. The Labute approximate surface area is 135 Å². The van der Waals surface area contributed by atoms with Crippen molar-refractivity contribution in [3.8, 4) is 0 Å². The average Bonchev–Trinajstić information content (AvgIpc) is 2.52. The molecule has 1 aromatic rings. The van der Waals surface area contributed by atoms with Gasteiger partial charge in [-0.15, -0.1) is 11.8 Å². The third kappa shape index (κ3) is 4.03. The molecule has 0 aromatic heterocycles. The molecule has 1 heterocycles. The van der Waals surface area contributed by atoms with Crippen LogP contribution in [0.4, 0.5) is 0 Å². The largest absolute Gasteiger partial charge is 0.481 e. The van der Waals surface area contributed by atoms with E-state index in [1.807, 2.05) is 37.3 Å². The first-order valence-electron chi connectivity index (χ1n) is 7.60. The molecule has 1 fully saturated rings. The molecule has 2 unspecified atom stereocenters. The zero-order valence-corrected chi connectivity index (χ0v) is 13.9. The molecule has 2 rings (SSSR count). The van der Waals surface area contributed by atoms with Gasteiger partial charge in [0.25, 0.3) is 0 Å². The first-order valence-corrected chi connectivity index (χ1v) is 8.65. The Balaban J connectivity index is 1.91. The van der Waals surface area contributed by atoms with Crippen LogP contribution in [-0.2, 0) is 15.3 Å². The van der Waals surface area contributed by atoms with E-state index in [4.69, 9.17) is 0 Å². The second kappa shape index (κ2) is 7.18. The molecular formula is C17H23NO3S. The van der Waals surface area contributed by atoms with E-state index in [-0.39, 0.29) is 11.2 Å². The van der Waals surface area contributed by atoms with Crippen LogP contribution in [0.25, 0.3) is 0 Å². The van der Waals surface area contributed by atoms with Crippen LogP contribution in [0.3, 0.4) is 0 Å². The van der Waals surface area contributed by atoms with Crippen molar-refractivity contribution in [3.05, 3.63) is 35.9 Å². The smallest absolute Gasteiger partial charge is 0.311 e. The molecule has 1 saturated heterocycles. The lowest BCUT2D eigenvalue weighted by atomic mass is 9.82. The number of rotatable bonds is 5. The fourth-order valence-corrected chi connectivity index (χ4v) is 3.65. The number of carbonyl (C=O) groups is 2. The van der Waals surface area contributed by atoms with Gasteiger partial charge >= 0.3 is 5.97 Å². The third-order valence-corrected chi connectivity index (χ3v) is 5.42. The van der Waals surface area contributed by atoms with Gasteiger partial charge in [-0.25, -0.2) is 0 Å². The Kier molecular flexibility index (Phi) is 5.51. The maximum absolute atomic E-state index is 12.5. The topological polar surface area (TPSA) is 57.6 Å². The molecule has 0 bridgehead atoms. The number of carboxylic acid groups (broad SMARTS) is 1. The summed E-state index contributed by atoms with van der Waals surface area (Å²) in [7, 11) is 0. The van der Waals surface area contributed by atoms with Gasteiger partial charge in [-0.1, -0.05) is 30.3 Å². The normalized spacial score (nSPS) is 23.1. The summed E-state index contributed by atoms with van der Waals surface area (Å²) in [6.45, 7) is 4.62. The summed E-state index contributed by atoms with van der Waals surface area (Å²) in [5, 5.41) is 9.19. The molecular weight excluding hydrogens is 298 g/mol. The summed E-state index contributed by atoms with van der Waals surface area (Å²) in [5.74, 6) is 0.0281. The van der Waals surface area contributed by atoms with Crippen LogP contribution in [-0.4, -0.2) is 40.2 Å². The Hall–Kier alpha value is -1.49. The van der Waals surface area contributed by atoms with Crippen LogP contribution >= 0.6 is 11.8 Å². The van der Waals surface area contributed by atoms with E-state index in [0.717, 1.165) is 12.2 Å². The molecule has 1 aliphatic rings. The van der Waals surface area contributed by atoms with Crippen molar-refractivity contribution in [3.63, 3.8) is 0 Å². The van der Waals surface area contributed by atoms with Gasteiger partial charge < -0.3 is 10.0 Å². The average molecular weight is 321 g/mol. The number of nitrogens with zero attached hydrogens (tertiary/aromatic N) is 1. The van der Waals surface area contributed by atoms with Gasteiger partial charge in [-0.3, -0.25) is 9.59 Å². The molecule has 1 aliphatic heterocycles. The summed E-state index contributed by atoms with van der Waals surface area (Å²) in [6.07, 6.45) is 1.39. The van der Waals surface area contributed by atoms with E-state index in [9.17, 15) is 14.7 Å². The number of thioether (sulfide) groups is 1. The van der Waals surface area contributed by atoms with Crippen molar-refractivity contribution in [2.75, 3.05) is 13.1 Å². The lowest BCUT2D eigenvalue weighted by Gasteiger charge is -2.38. The fraction of sp³-hybridized carbons (Fsp3) is 0.529. The van der Waals surface area contributed by atoms with Crippen LogP contribution in [0.15, 0.2) is 30.3 Å². The molecule has 0 saturated carbocycles. The molecule has 22 heavy (non-hydrogen) atoms. The number of likely N-dealkylation sites (tertiary alicyclic amines) is 1. The second-order valence-electron chi connectivity index (χ2n) is 6.17. The van der Waals surface area contributed by atoms with Gasteiger partial charge in [-0.2, -0.15) is 0 Å². The minimum atomic E-state index is -0.811. The Morgan fingerprint density at radius 3 is 2.68 bits per heavy atom. The summed E-state index contributed by atoms with van der Waals surface area (Å²) in [4.78, 5) is 25.6. The standard InChI is InChI=1S/C17H23NO3S/c1-13(22-11-14-7-4-3-5-8-14)15(19)18-10-6-9-17(2,12-18)16(20)21/h3-5,7-8,13H,6,9-12H2,1-2H3,(H,20,21). The molecule has 120 valence electrons. The maximum atomic E-state index is 12.5. The van der Waals surface area contributed by atoms with Crippen LogP contribution in [0, 0.1) is 5.41 Å². The first-order chi connectivity index (χ1) is 10.4. The predicted molar refractivity (Wildman–Crippen MR) is 88.8 cm³/mol. The molecule has 1 amide bonds. The van der Waals surface area contributed by atoms with Crippen molar-refractivity contribution in [1.82, 2.24) is 4.90 Å². The highest BCUT2D eigenvalue weighted by Gasteiger charge is 2.40. The summed E-state index contributed by atoms with van der Waals surface area (Å²) in [6, 6.07) is 10.1. The number of hydrogen-bond donors (Lipinski definition) is 1. The van der Waals surface area contributed by atoms with E-state index in [1.165, 1.54) is 5.56 Å². The zero-order valence-electron chi connectivity index (χ0n) is 13.1. The van der Waals surface area contributed by atoms with Gasteiger partial charge in [-0.05, 0) is 32.3 Å². The van der Waals surface area contributed by atoms with Crippen molar-refractivity contribution in [2.24, 2.45) is 5.41 Å². The summed E-state index contributed by atoms with van der Waals surface area (Å²) >= 11 is 1.60. The molecule has 4 nitrogen and oxygen atoms in total. The Morgan fingerprint density at radius 2 is 2.05 bits per heavy atom. The minimum Gasteiger partial charge on any atom is -0.481 e. The van der Waals surface area contributed by atoms with Gasteiger partial charge in [0.15, 0.2) is 0 Å². The molecule has 0 aliphatic carbocycles. The van der Waals surface area contributed by atoms with Gasteiger partial charge in [0.1, 0.15) is 0 Å². The first kappa shape index (κ1) is 16.9. The van der Waals surface area contributed by atoms with E-state index < -0.39 is 11.4 Å². The van der Waals surface area contributed by atoms with E-state index in [2.05, 4.69) is 0 Å². The number of benzene rings is 1.